The van der Waals surface area contributed by atoms with Gasteiger partial charge < -0.3 is 4.90 Å². The van der Waals surface area contributed by atoms with Crippen LogP contribution in [0.2, 0.25) is 0 Å². The fourth-order valence-electron chi connectivity index (χ4n) is 1.73. The fourth-order valence-corrected chi connectivity index (χ4v) is 1.73. The monoisotopic (exact) mass is 230 g/mol. The highest BCUT2D eigenvalue weighted by Gasteiger charge is 2.08. The van der Waals surface area contributed by atoms with Crippen molar-refractivity contribution in [2.75, 3.05) is 6.54 Å². The van der Waals surface area contributed by atoms with Crippen LogP contribution in [0.15, 0.2) is 48.2 Å². The second-order valence-electron chi connectivity index (χ2n) is 4.12. The number of hydrogen-bond donors (Lipinski definition) is 0. The Morgan fingerprint density at radius 3 is 2.94 bits per heavy atom. The molecule has 17 heavy (non-hydrogen) atoms. The zero-order chi connectivity index (χ0) is 12.3. The molecule has 0 saturated carbocycles. The average molecular weight is 230 g/mol. The molecule has 0 atom stereocenters. The highest BCUT2D eigenvalue weighted by Crippen LogP contribution is 2.16. The predicted molar refractivity (Wildman–Crippen MR) is 66.4 cm³/mol. The van der Waals surface area contributed by atoms with E-state index in [0.717, 1.165) is 12.1 Å². The van der Waals surface area contributed by atoms with Crippen molar-refractivity contribution in [1.82, 2.24) is 4.90 Å². The molecule has 0 N–H and O–H groups in total. The maximum atomic E-state index is 10.7. The zero-order valence-electron chi connectivity index (χ0n) is 9.67. The van der Waals surface area contributed by atoms with E-state index in [1.807, 2.05) is 18.3 Å². The number of benzene rings is 1. The fraction of sp³-hybridized carbons (Fsp3) is 0.231. The second kappa shape index (κ2) is 4.82. The molecule has 0 aromatic heterocycles. The van der Waals surface area contributed by atoms with Crippen molar-refractivity contribution in [3.8, 4) is 0 Å². The number of hydrogen-bond acceptors (Lipinski definition) is 3. The van der Waals surface area contributed by atoms with Crippen LogP contribution in [0.5, 0.6) is 0 Å². The van der Waals surface area contributed by atoms with Crippen LogP contribution in [0.25, 0.3) is 0 Å². The SMILES string of the molecule is CC1=CCN(Cc2cccc([N+](=O)[O-])c2)C=C1. The third-order valence-electron chi connectivity index (χ3n) is 2.70. The lowest BCUT2D eigenvalue weighted by molar-refractivity contribution is -0.384. The highest BCUT2D eigenvalue weighted by molar-refractivity contribution is 5.34. The molecule has 1 heterocycles. The number of nitro groups is 1. The largest absolute Gasteiger partial charge is 0.369 e. The first-order chi connectivity index (χ1) is 8.15. The van der Waals surface area contributed by atoms with Crippen molar-refractivity contribution in [3.05, 3.63) is 63.9 Å². The van der Waals surface area contributed by atoms with Crippen LogP contribution in [-0.4, -0.2) is 16.4 Å². The molecule has 1 aromatic rings. The van der Waals surface area contributed by atoms with Crippen LogP contribution < -0.4 is 0 Å². The number of nitrogens with zero attached hydrogens (tertiary/aromatic N) is 2. The number of allylic oxidation sites excluding steroid dienone is 2. The molecule has 0 aliphatic carbocycles. The Morgan fingerprint density at radius 2 is 2.29 bits per heavy atom. The zero-order valence-corrected chi connectivity index (χ0v) is 9.67. The van der Waals surface area contributed by atoms with E-state index < -0.39 is 0 Å². The van der Waals surface area contributed by atoms with Crippen LogP contribution in [-0.2, 0) is 6.54 Å². The summed E-state index contributed by atoms with van der Waals surface area (Å²) in [6.45, 7) is 3.61. The highest BCUT2D eigenvalue weighted by atomic mass is 16.6. The van der Waals surface area contributed by atoms with E-state index >= 15 is 0 Å². The predicted octanol–water partition coefficient (Wildman–Crippen LogP) is 2.87. The molecular formula is C13H14N2O2. The quantitative estimate of drug-likeness (QED) is 0.592. The van der Waals surface area contributed by atoms with Gasteiger partial charge in [0.25, 0.3) is 5.69 Å². The molecule has 1 aromatic carbocycles. The van der Waals surface area contributed by atoms with E-state index in [1.165, 1.54) is 11.6 Å². The van der Waals surface area contributed by atoms with E-state index in [9.17, 15) is 10.1 Å². The summed E-state index contributed by atoms with van der Waals surface area (Å²) < 4.78 is 0. The van der Waals surface area contributed by atoms with E-state index in [-0.39, 0.29) is 10.6 Å². The van der Waals surface area contributed by atoms with Crippen LogP contribution in [0.3, 0.4) is 0 Å². The van der Waals surface area contributed by atoms with E-state index in [0.29, 0.717) is 6.54 Å². The molecule has 2 rings (SSSR count). The van der Waals surface area contributed by atoms with Gasteiger partial charge in [0.2, 0.25) is 0 Å². The van der Waals surface area contributed by atoms with Gasteiger partial charge in [0.05, 0.1) is 4.92 Å². The first-order valence-corrected chi connectivity index (χ1v) is 5.47. The van der Waals surface area contributed by atoms with Gasteiger partial charge in [-0.15, -0.1) is 0 Å². The lowest BCUT2D eigenvalue weighted by Crippen LogP contribution is -2.19. The van der Waals surface area contributed by atoms with Gasteiger partial charge in [0.15, 0.2) is 0 Å². The van der Waals surface area contributed by atoms with Crippen molar-refractivity contribution in [3.63, 3.8) is 0 Å². The van der Waals surface area contributed by atoms with Crippen molar-refractivity contribution in [1.29, 1.82) is 0 Å². The smallest absolute Gasteiger partial charge is 0.269 e. The normalized spacial score (nSPS) is 14.6. The molecule has 4 heteroatoms. The summed E-state index contributed by atoms with van der Waals surface area (Å²) in [5, 5.41) is 10.7. The van der Waals surface area contributed by atoms with Crippen LogP contribution in [0, 0.1) is 10.1 Å². The van der Waals surface area contributed by atoms with Crippen molar-refractivity contribution < 1.29 is 4.92 Å². The van der Waals surface area contributed by atoms with Gasteiger partial charge >= 0.3 is 0 Å². The van der Waals surface area contributed by atoms with Crippen LogP contribution >= 0.6 is 0 Å². The topological polar surface area (TPSA) is 46.4 Å². The summed E-state index contributed by atoms with van der Waals surface area (Å²) in [7, 11) is 0. The third-order valence-corrected chi connectivity index (χ3v) is 2.70. The Balaban J connectivity index is 2.07. The lowest BCUT2D eigenvalue weighted by atomic mass is 10.1. The molecule has 0 spiro atoms. The average Bonchev–Trinajstić information content (AvgIpc) is 2.32. The first kappa shape index (κ1) is 11.4. The molecule has 0 radical (unpaired) electrons. The van der Waals surface area contributed by atoms with Gasteiger partial charge in [-0.25, -0.2) is 0 Å². The molecule has 1 aliphatic rings. The van der Waals surface area contributed by atoms with Gasteiger partial charge in [-0.3, -0.25) is 10.1 Å². The summed E-state index contributed by atoms with van der Waals surface area (Å²) in [5.41, 5.74) is 2.35. The van der Waals surface area contributed by atoms with Gasteiger partial charge in [-0.2, -0.15) is 0 Å². The summed E-state index contributed by atoms with van der Waals surface area (Å²) in [6.07, 6.45) is 6.20. The lowest BCUT2D eigenvalue weighted by Gasteiger charge is -2.21. The van der Waals surface area contributed by atoms with E-state index in [2.05, 4.69) is 17.9 Å². The maximum absolute atomic E-state index is 10.7. The van der Waals surface area contributed by atoms with Gasteiger partial charge in [0, 0.05) is 25.2 Å². The van der Waals surface area contributed by atoms with Crippen molar-refractivity contribution in [2.24, 2.45) is 0 Å². The number of non-ortho nitro benzene ring substituents is 1. The van der Waals surface area contributed by atoms with E-state index in [1.54, 1.807) is 12.1 Å². The standard InChI is InChI=1S/C13H14N2O2/c1-11-5-7-14(8-6-11)10-12-3-2-4-13(9-12)15(16)17/h2-7,9H,8,10H2,1H3. The second-order valence-corrected chi connectivity index (χ2v) is 4.12. The molecule has 88 valence electrons. The molecule has 4 nitrogen and oxygen atoms in total. The number of rotatable bonds is 3. The van der Waals surface area contributed by atoms with Gasteiger partial charge in [-0.1, -0.05) is 23.8 Å². The van der Waals surface area contributed by atoms with E-state index in [4.69, 9.17) is 0 Å². The van der Waals surface area contributed by atoms with Crippen LogP contribution in [0.4, 0.5) is 5.69 Å². The molecule has 1 aliphatic heterocycles. The van der Waals surface area contributed by atoms with Crippen molar-refractivity contribution >= 4 is 5.69 Å². The molecule has 0 amide bonds. The minimum Gasteiger partial charge on any atom is -0.369 e. The Kier molecular flexibility index (Phi) is 3.23. The molecular weight excluding hydrogens is 216 g/mol. The van der Waals surface area contributed by atoms with Crippen LogP contribution in [0.1, 0.15) is 12.5 Å². The minimum absolute atomic E-state index is 0.148. The molecule has 0 saturated heterocycles. The Hall–Kier alpha value is -2.10. The van der Waals surface area contributed by atoms with Gasteiger partial charge in [-0.05, 0) is 24.8 Å². The van der Waals surface area contributed by atoms with Crippen molar-refractivity contribution in [2.45, 2.75) is 13.5 Å². The molecule has 0 bridgehead atoms. The summed E-state index contributed by atoms with van der Waals surface area (Å²) in [6, 6.07) is 6.77. The third kappa shape index (κ3) is 2.93. The Labute approximate surface area is 100 Å². The minimum atomic E-state index is -0.362. The summed E-state index contributed by atoms with van der Waals surface area (Å²) in [5.74, 6) is 0. The molecule has 0 unspecified atom stereocenters. The Morgan fingerprint density at radius 1 is 1.47 bits per heavy atom. The van der Waals surface area contributed by atoms with Gasteiger partial charge in [0.1, 0.15) is 0 Å². The number of nitro benzene ring substituents is 1. The molecule has 0 fully saturated rings. The summed E-state index contributed by atoms with van der Waals surface area (Å²) >= 11 is 0. The Bertz CT molecular complexity index is 492. The first-order valence-electron chi connectivity index (χ1n) is 5.47. The maximum Gasteiger partial charge on any atom is 0.269 e. The summed E-state index contributed by atoms with van der Waals surface area (Å²) in [4.78, 5) is 12.4.